The van der Waals surface area contributed by atoms with Gasteiger partial charge in [0.1, 0.15) is 5.82 Å². The van der Waals surface area contributed by atoms with Crippen molar-refractivity contribution in [2.24, 2.45) is 12.5 Å². The Labute approximate surface area is 155 Å². The van der Waals surface area contributed by atoms with E-state index in [1.54, 1.807) is 0 Å². The lowest BCUT2D eigenvalue weighted by molar-refractivity contribution is -0.132. The van der Waals surface area contributed by atoms with Crippen LogP contribution in [0.4, 0.5) is 0 Å². The molecule has 1 aromatic heterocycles. The number of hydrogen-bond acceptors (Lipinski definition) is 3. The Bertz CT molecular complexity index is 813. The molecule has 0 radical (unpaired) electrons. The number of imidazole rings is 1. The number of amides is 1. The lowest BCUT2D eigenvalue weighted by atomic mass is 9.69. The standard InChI is InChI=1S/C21H28N4O/c1-14-15(2)25(3)19(23-14)13-22-20(26)21(11-16-7-5-4-6-8-16)12-17-9-10-18(21)24-17/h4-8,17-18,24H,9-13H2,1-3H3,(H,22,26)/t17-,18+,21+/m0/s1. The molecule has 4 rings (SSSR count). The lowest BCUT2D eigenvalue weighted by Crippen LogP contribution is -2.49. The van der Waals surface area contributed by atoms with E-state index in [4.69, 9.17) is 0 Å². The van der Waals surface area contributed by atoms with E-state index < -0.39 is 0 Å². The predicted octanol–water partition coefficient (Wildman–Crippen LogP) is 2.41. The van der Waals surface area contributed by atoms with E-state index in [2.05, 4.69) is 51.4 Å². The maximum Gasteiger partial charge on any atom is 0.228 e. The van der Waals surface area contributed by atoms with Crippen LogP contribution in [-0.4, -0.2) is 27.5 Å². The van der Waals surface area contributed by atoms with Crippen molar-refractivity contribution in [3.63, 3.8) is 0 Å². The van der Waals surface area contributed by atoms with E-state index in [-0.39, 0.29) is 17.4 Å². The number of fused-ring (bicyclic) bond motifs is 2. The van der Waals surface area contributed by atoms with Gasteiger partial charge in [-0.2, -0.15) is 0 Å². The van der Waals surface area contributed by atoms with Gasteiger partial charge in [0.15, 0.2) is 0 Å². The fourth-order valence-corrected chi connectivity index (χ4v) is 4.76. The van der Waals surface area contributed by atoms with E-state index >= 15 is 0 Å². The van der Waals surface area contributed by atoms with Gasteiger partial charge in [0.05, 0.1) is 17.7 Å². The van der Waals surface area contributed by atoms with Gasteiger partial charge in [0.25, 0.3) is 0 Å². The van der Waals surface area contributed by atoms with Gasteiger partial charge in [-0.1, -0.05) is 30.3 Å². The summed E-state index contributed by atoms with van der Waals surface area (Å²) in [5.41, 5.74) is 3.06. The van der Waals surface area contributed by atoms with Gasteiger partial charge in [-0.05, 0) is 45.1 Å². The fourth-order valence-electron chi connectivity index (χ4n) is 4.76. The summed E-state index contributed by atoms with van der Waals surface area (Å²) in [4.78, 5) is 17.9. The average molecular weight is 352 g/mol. The van der Waals surface area contributed by atoms with Crippen LogP contribution >= 0.6 is 0 Å². The Balaban J connectivity index is 1.54. The highest BCUT2D eigenvalue weighted by Gasteiger charge is 2.55. The summed E-state index contributed by atoms with van der Waals surface area (Å²) < 4.78 is 2.07. The molecule has 0 saturated carbocycles. The zero-order chi connectivity index (χ0) is 18.3. The molecule has 3 atom stereocenters. The molecule has 2 fully saturated rings. The highest BCUT2D eigenvalue weighted by molar-refractivity contribution is 5.84. The fraction of sp³-hybridized carbons (Fsp3) is 0.524. The number of carbonyl (C=O) groups is 1. The SMILES string of the molecule is Cc1nc(CNC(=O)[C@]2(Cc3ccccc3)C[C@@H]3CC[C@H]2N3)n(C)c1C. The van der Waals surface area contributed by atoms with Crippen molar-refractivity contribution < 1.29 is 4.79 Å². The number of aromatic nitrogens is 2. The molecule has 5 heteroatoms. The first kappa shape index (κ1) is 17.3. The molecular weight excluding hydrogens is 324 g/mol. The van der Waals surface area contributed by atoms with Crippen LogP contribution in [0.15, 0.2) is 30.3 Å². The van der Waals surface area contributed by atoms with Gasteiger partial charge in [-0.15, -0.1) is 0 Å². The van der Waals surface area contributed by atoms with Gasteiger partial charge >= 0.3 is 0 Å². The van der Waals surface area contributed by atoms with Crippen molar-refractivity contribution in [1.29, 1.82) is 0 Å². The molecule has 2 N–H and O–H groups in total. The van der Waals surface area contributed by atoms with Crippen LogP contribution in [-0.2, 0) is 24.8 Å². The first-order chi connectivity index (χ1) is 12.5. The van der Waals surface area contributed by atoms with Gasteiger partial charge in [-0.25, -0.2) is 4.98 Å². The van der Waals surface area contributed by atoms with E-state index in [0.717, 1.165) is 36.5 Å². The van der Waals surface area contributed by atoms with Gasteiger partial charge in [0.2, 0.25) is 5.91 Å². The monoisotopic (exact) mass is 352 g/mol. The average Bonchev–Trinajstić information content (AvgIpc) is 3.31. The van der Waals surface area contributed by atoms with Crippen LogP contribution in [0.3, 0.4) is 0 Å². The maximum atomic E-state index is 13.3. The Morgan fingerprint density at radius 1 is 1.31 bits per heavy atom. The highest BCUT2D eigenvalue weighted by Crippen LogP contribution is 2.46. The number of aryl methyl sites for hydroxylation is 1. The number of benzene rings is 1. The van der Waals surface area contributed by atoms with Gasteiger partial charge in [-0.3, -0.25) is 4.79 Å². The number of hydrogen-bond donors (Lipinski definition) is 2. The summed E-state index contributed by atoms with van der Waals surface area (Å²) in [5.74, 6) is 1.08. The minimum absolute atomic E-state index is 0.166. The summed E-state index contributed by atoms with van der Waals surface area (Å²) in [6, 6.07) is 11.2. The first-order valence-corrected chi connectivity index (χ1v) is 9.56. The van der Waals surface area contributed by atoms with E-state index in [1.165, 1.54) is 12.0 Å². The zero-order valence-corrected chi connectivity index (χ0v) is 15.9. The van der Waals surface area contributed by atoms with Crippen LogP contribution in [0.2, 0.25) is 0 Å². The quantitative estimate of drug-likeness (QED) is 0.869. The number of rotatable bonds is 5. The Kier molecular flexibility index (Phi) is 4.35. The van der Waals surface area contributed by atoms with Crippen LogP contribution in [0.25, 0.3) is 0 Å². The molecular formula is C21H28N4O. The maximum absolute atomic E-state index is 13.3. The normalized spacial score (nSPS) is 27.0. The molecule has 2 aliphatic rings. The largest absolute Gasteiger partial charge is 0.348 e. The highest BCUT2D eigenvalue weighted by atomic mass is 16.2. The third-order valence-electron chi connectivity index (χ3n) is 6.45. The summed E-state index contributed by atoms with van der Waals surface area (Å²) >= 11 is 0. The Morgan fingerprint density at radius 3 is 2.65 bits per heavy atom. The molecule has 1 aromatic carbocycles. The minimum atomic E-state index is -0.348. The third-order valence-corrected chi connectivity index (χ3v) is 6.45. The second-order valence-corrected chi connectivity index (χ2v) is 7.96. The van der Waals surface area contributed by atoms with E-state index in [9.17, 15) is 4.79 Å². The van der Waals surface area contributed by atoms with Crippen molar-refractivity contribution in [2.75, 3.05) is 0 Å². The first-order valence-electron chi connectivity index (χ1n) is 9.56. The number of carbonyl (C=O) groups excluding carboxylic acids is 1. The molecule has 0 unspecified atom stereocenters. The summed E-state index contributed by atoms with van der Waals surface area (Å²) in [5, 5.41) is 6.87. The molecule has 5 nitrogen and oxygen atoms in total. The van der Waals surface area contributed by atoms with Crippen LogP contribution in [0, 0.1) is 19.3 Å². The molecule has 2 aliphatic heterocycles. The second kappa shape index (κ2) is 6.54. The predicted molar refractivity (Wildman–Crippen MR) is 102 cm³/mol. The van der Waals surface area contributed by atoms with Gasteiger partial charge < -0.3 is 15.2 Å². The molecule has 2 aromatic rings. The summed E-state index contributed by atoms with van der Waals surface area (Å²) in [7, 11) is 2.01. The zero-order valence-electron chi connectivity index (χ0n) is 15.9. The van der Waals surface area contributed by atoms with Crippen LogP contribution in [0.5, 0.6) is 0 Å². The number of nitrogens with zero attached hydrogens (tertiary/aromatic N) is 2. The molecule has 26 heavy (non-hydrogen) atoms. The second-order valence-electron chi connectivity index (χ2n) is 7.96. The molecule has 2 bridgehead atoms. The Hall–Kier alpha value is -2.14. The smallest absolute Gasteiger partial charge is 0.228 e. The van der Waals surface area contributed by atoms with Crippen molar-refractivity contribution in [3.8, 4) is 0 Å². The Morgan fingerprint density at radius 2 is 2.08 bits per heavy atom. The van der Waals surface area contributed by atoms with Gasteiger partial charge in [0, 0.05) is 24.8 Å². The summed E-state index contributed by atoms with van der Waals surface area (Å²) in [6.07, 6.45) is 4.00. The minimum Gasteiger partial charge on any atom is -0.348 e. The molecule has 2 saturated heterocycles. The van der Waals surface area contributed by atoms with Crippen LogP contribution in [0.1, 0.15) is 42.0 Å². The lowest BCUT2D eigenvalue weighted by Gasteiger charge is -2.35. The van der Waals surface area contributed by atoms with E-state index in [0.29, 0.717) is 12.6 Å². The van der Waals surface area contributed by atoms with Crippen molar-refractivity contribution in [3.05, 3.63) is 53.1 Å². The topological polar surface area (TPSA) is 59.0 Å². The van der Waals surface area contributed by atoms with E-state index in [1.807, 2.05) is 20.0 Å². The molecule has 3 heterocycles. The number of nitrogens with one attached hydrogen (secondary N) is 2. The molecule has 1 amide bonds. The van der Waals surface area contributed by atoms with Crippen molar-refractivity contribution in [2.45, 2.75) is 58.2 Å². The molecule has 138 valence electrons. The molecule has 0 spiro atoms. The molecule has 0 aliphatic carbocycles. The van der Waals surface area contributed by atoms with Crippen LogP contribution < -0.4 is 10.6 Å². The van der Waals surface area contributed by atoms with Crippen molar-refractivity contribution >= 4 is 5.91 Å². The van der Waals surface area contributed by atoms with Crippen molar-refractivity contribution in [1.82, 2.24) is 20.2 Å². The third kappa shape index (κ3) is 2.84. The summed E-state index contributed by atoms with van der Waals surface area (Å²) in [6.45, 7) is 4.56.